The number of carboxylic acid groups (broad SMARTS) is 2. The van der Waals surface area contributed by atoms with Crippen LogP contribution in [0.5, 0.6) is 0 Å². The maximum Gasteiger partial charge on any atom is 0.393 e. The first-order valence-electron chi connectivity index (χ1n) is 12.4. The molecule has 2 aromatic heterocycles. The summed E-state index contributed by atoms with van der Waals surface area (Å²) in [7, 11) is 0. The Labute approximate surface area is 237 Å². The highest BCUT2D eigenvalue weighted by Crippen LogP contribution is 2.46. The molecular formula is C27H22F6N4O6. The lowest BCUT2D eigenvalue weighted by Gasteiger charge is -2.32. The number of fused-ring (bicyclic) bond motifs is 2. The number of H-pyrrole nitrogens is 2. The Balaban J connectivity index is 1.51. The van der Waals surface area contributed by atoms with Gasteiger partial charge >= 0.3 is 29.7 Å². The van der Waals surface area contributed by atoms with Gasteiger partial charge in [-0.2, -0.15) is 26.3 Å². The average molecular weight is 612 g/mol. The highest BCUT2D eigenvalue weighted by Gasteiger charge is 2.78. The van der Waals surface area contributed by atoms with Gasteiger partial charge in [-0.1, -0.05) is 36.4 Å². The van der Waals surface area contributed by atoms with E-state index in [0.717, 1.165) is 10.6 Å². The van der Waals surface area contributed by atoms with Crippen LogP contribution in [0.15, 0.2) is 60.9 Å². The first kappa shape index (κ1) is 30.9. The molecule has 2 atom stereocenters. The van der Waals surface area contributed by atoms with Crippen molar-refractivity contribution in [1.29, 1.82) is 0 Å². The van der Waals surface area contributed by atoms with Crippen molar-refractivity contribution < 1.29 is 55.7 Å². The van der Waals surface area contributed by atoms with Crippen LogP contribution in [0.25, 0.3) is 21.8 Å². The van der Waals surface area contributed by atoms with E-state index in [1.807, 2.05) is 0 Å². The number of rotatable bonds is 12. The number of benzene rings is 2. The zero-order chi connectivity index (χ0) is 31.7. The molecular weight excluding hydrogens is 590 g/mol. The predicted octanol–water partition coefficient (Wildman–Crippen LogP) is 3.48. The van der Waals surface area contributed by atoms with Gasteiger partial charge in [0, 0.05) is 47.0 Å². The van der Waals surface area contributed by atoms with Crippen molar-refractivity contribution in [2.24, 2.45) is 0 Å². The minimum absolute atomic E-state index is 0.179. The van der Waals surface area contributed by atoms with Gasteiger partial charge in [-0.3, -0.25) is 9.59 Å². The largest absolute Gasteiger partial charge is 0.480 e. The van der Waals surface area contributed by atoms with E-state index in [4.69, 9.17) is 0 Å². The van der Waals surface area contributed by atoms with Gasteiger partial charge in [-0.25, -0.2) is 9.59 Å². The Morgan fingerprint density at radius 1 is 0.651 bits per heavy atom. The molecule has 6 N–H and O–H groups in total. The number of aliphatic carboxylic acids is 2. The van der Waals surface area contributed by atoms with E-state index in [1.165, 1.54) is 24.5 Å². The molecule has 4 rings (SSSR count). The molecule has 0 aliphatic carbocycles. The van der Waals surface area contributed by atoms with Crippen LogP contribution in [0.1, 0.15) is 11.1 Å². The Morgan fingerprint density at radius 2 is 1.00 bits per heavy atom. The number of carboxylic acids is 2. The number of carbonyl (C=O) groups is 4. The first-order chi connectivity index (χ1) is 20.1. The third-order valence-corrected chi connectivity index (χ3v) is 6.76. The number of aromatic amines is 2. The van der Waals surface area contributed by atoms with Gasteiger partial charge in [-0.15, -0.1) is 0 Å². The van der Waals surface area contributed by atoms with Gasteiger partial charge in [0.1, 0.15) is 12.1 Å². The third-order valence-electron chi connectivity index (χ3n) is 6.76. The van der Waals surface area contributed by atoms with E-state index in [1.54, 1.807) is 36.4 Å². The number of hydrogen-bond acceptors (Lipinski definition) is 4. The number of para-hydroxylation sites is 2. The van der Waals surface area contributed by atoms with Crippen LogP contribution in [0.2, 0.25) is 0 Å². The maximum absolute atomic E-state index is 14.6. The molecule has 0 aliphatic rings. The van der Waals surface area contributed by atoms with Crippen LogP contribution < -0.4 is 10.6 Å². The lowest BCUT2D eigenvalue weighted by Crippen LogP contribution is -2.67. The SMILES string of the molecule is O=C(O)[C@H](Cc1c[nH]c2ccccc12)NC(=O)C(F)(F)C(F)(F)C(F)(F)C(=O)N[C@@H](Cc1c[nH]c2ccccc12)C(=O)O. The van der Waals surface area contributed by atoms with E-state index < -0.39 is 66.4 Å². The van der Waals surface area contributed by atoms with E-state index in [2.05, 4.69) is 9.97 Å². The van der Waals surface area contributed by atoms with Crippen molar-refractivity contribution >= 4 is 45.6 Å². The molecule has 0 saturated heterocycles. The van der Waals surface area contributed by atoms with Crippen LogP contribution in [-0.4, -0.2) is 73.8 Å². The zero-order valence-corrected chi connectivity index (χ0v) is 21.6. The molecule has 0 spiro atoms. The van der Waals surface area contributed by atoms with E-state index in [-0.39, 0.29) is 11.1 Å². The molecule has 2 heterocycles. The summed E-state index contributed by atoms with van der Waals surface area (Å²) in [6, 6.07) is 8.06. The van der Waals surface area contributed by atoms with Gasteiger partial charge in [0.05, 0.1) is 0 Å². The maximum atomic E-state index is 14.6. The van der Waals surface area contributed by atoms with Crippen LogP contribution in [0.4, 0.5) is 26.3 Å². The van der Waals surface area contributed by atoms with Crippen LogP contribution >= 0.6 is 0 Å². The summed E-state index contributed by atoms with van der Waals surface area (Å²) in [6.07, 6.45) is 1.18. The number of carbonyl (C=O) groups excluding carboxylic acids is 2. The Morgan fingerprint density at radius 3 is 1.35 bits per heavy atom. The second-order valence-corrected chi connectivity index (χ2v) is 9.58. The number of hydrogen-bond donors (Lipinski definition) is 6. The fourth-order valence-electron chi connectivity index (χ4n) is 4.42. The minimum Gasteiger partial charge on any atom is -0.480 e. The molecule has 43 heavy (non-hydrogen) atoms. The van der Waals surface area contributed by atoms with Crippen molar-refractivity contribution in [2.75, 3.05) is 0 Å². The molecule has 0 aliphatic heterocycles. The number of halogens is 6. The molecule has 228 valence electrons. The summed E-state index contributed by atoms with van der Waals surface area (Å²) in [4.78, 5) is 53.2. The molecule has 2 aromatic carbocycles. The van der Waals surface area contributed by atoms with E-state index in [0.29, 0.717) is 21.8 Å². The van der Waals surface area contributed by atoms with Gasteiger partial charge < -0.3 is 30.8 Å². The number of nitrogens with one attached hydrogen (secondary N) is 4. The number of amides is 2. The molecule has 4 aromatic rings. The second-order valence-electron chi connectivity index (χ2n) is 9.58. The second kappa shape index (κ2) is 11.3. The van der Waals surface area contributed by atoms with Crippen molar-refractivity contribution in [2.45, 2.75) is 42.7 Å². The lowest BCUT2D eigenvalue weighted by molar-refractivity contribution is -0.287. The summed E-state index contributed by atoms with van der Waals surface area (Å²) in [5.41, 5.74) is 1.36. The van der Waals surface area contributed by atoms with Gasteiger partial charge in [0.15, 0.2) is 0 Å². The standard InChI is InChI=1S/C27H22F6N4O6/c28-25(29,23(42)36-19(21(38)39)9-13-11-34-17-7-3-1-5-15(13)17)27(32,33)26(30,31)24(43)37-20(22(40)41)10-14-12-35-18-8-4-2-6-16(14)18/h1-8,11-12,19-20,34-35H,9-10H2,(H,36,42)(H,37,43)(H,38,39)(H,40,41)/t19-,20-/m0/s1. The Bertz CT molecular complexity index is 1580. The predicted molar refractivity (Wildman–Crippen MR) is 138 cm³/mol. The molecule has 2 amide bonds. The smallest absolute Gasteiger partial charge is 0.393 e. The minimum atomic E-state index is -6.72. The molecule has 0 saturated carbocycles. The van der Waals surface area contributed by atoms with E-state index >= 15 is 0 Å². The highest BCUT2D eigenvalue weighted by atomic mass is 19.3. The fraction of sp³-hybridized carbons (Fsp3) is 0.259. The Kier molecular flexibility index (Phi) is 8.15. The van der Waals surface area contributed by atoms with Crippen molar-refractivity contribution in [3.8, 4) is 0 Å². The highest BCUT2D eigenvalue weighted by molar-refractivity contribution is 5.94. The monoisotopic (exact) mass is 612 g/mol. The van der Waals surface area contributed by atoms with Crippen LogP contribution in [-0.2, 0) is 32.0 Å². The fourth-order valence-corrected chi connectivity index (χ4v) is 4.42. The summed E-state index contributed by atoms with van der Waals surface area (Å²) < 4.78 is 87.8. The zero-order valence-electron chi connectivity index (χ0n) is 21.6. The van der Waals surface area contributed by atoms with Gasteiger partial charge in [-0.05, 0) is 23.3 Å². The molecule has 0 radical (unpaired) electrons. The van der Waals surface area contributed by atoms with Crippen molar-refractivity contribution in [3.63, 3.8) is 0 Å². The summed E-state index contributed by atoms with van der Waals surface area (Å²) in [5.74, 6) is -29.4. The molecule has 0 bridgehead atoms. The van der Waals surface area contributed by atoms with Gasteiger partial charge in [0.2, 0.25) is 0 Å². The summed E-state index contributed by atoms with van der Waals surface area (Å²) in [5, 5.41) is 21.9. The van der Waals surface area contributed by atoms with E-state index in [9.17, 15) is 55.7 Å². The number of alkyl halides is 6. The normalized spacial score (nSPS) is 13.9. The molecule has 10 nitrogen and oxygen atoms in total. The van der Waals surface area contributed by atoms with Gasteiger partial charge in [0.25, 0.3) is 11.8 Å². The quantitative estimate of drug-likeness (QED) is 0.134. The number of aromatic nitrogens is 2. The van der Waals surface area contributed by atoms with Crippen LogP contribution in [0, 0.1) is 0 Å². The molecule has 0 fully saturated rings. The average Bonchev–Trinajstić information content (AvgIpc) is 3.55. The van der Waals surface area contributed by atoms with Crippen LogP contribution in [0.3, 0.4) is 0 Å². The first-order valence-corrected chi connectivity index (χ1v) is 12.4. The Hall–Kier alpha value is -5.02. The topological polar surface area (TPSA) is 164 Å². The van der Waals surface area contributed by atoms with Crippen molar-refractivity contribution in [1.82, 2.24) is 20.6 Å². The third kappa shape index (κ3) is 5.72. The lowest BCUT2D eigenvalue weighted by atomic mass is 10.00. The summed E-state index contributed by atoms with van der Waals surface area (Å²) >= 11 is 0. The molecule has 16 heteroatoms. The molecule has 0 unspecified atom stereocenters. The van der Waals surface area contributed by atoms with Crippen molar-refractivity contribution in [3.05, 3.63) is 72.1 Å². The summed E-state index contributed by atoms with van der Waals surface area (Å²) in [6.45, 7) is 0.